The van der Waals surface area contributed by atoms with E-state index in [0.29, 0.717) is 0 Å². The molecule has 180 valence electrons. The van der Waals surface area contributed by atoms with E-state index in [0.717, 1.165) is 5.56 Å². The van der Waals surface area contributed by atoms with E-state index in [4.69, 9.17) is 17.2 Å². The van der Waals surface area contributed by atoms with Gasteiger partial charge in [-0.05, 0) is 24.6 Å². The van der Waals surface area contributed by atoms with Crippen molar-refractivity contribution >= 4 is 35.2 Å². The lowest BCUT2D eigenvalue weighted by Crippen LogP contribution is -2.56. The topological polar surface area (TPSA) is 200 Å². The second kappa shape index (κ2) is 12.0. The monoisotopic (exact) mass is 468 g/mol. The fraction of sp³-hybridized carbons (Fsp3) is 0.261. The molecule has 0 aliphatic heterocycles. The summed E-state index contributed by atoms with van der Waals surface area (Å²) in [6.45, 7) is 1.38. The first-order valence-electron chi connectivity index (χ1n) is 10.5. The van der Waals surface area contributed by atoms with Gasteiger partial charge in [0.1, 0.15) is 18.1 Å². The lowest BCUT2D eigenvalue weighted by Gasteiger charge is -2.23. The van der Waals surface area contributed by atoms with Gasteiger partial charge in [-0.25, -0.2) is 0 Å². The van der Waals surface area contributed by atoms with Gasteiger partial charge in [-0.2, -0.15) is 0 Å². The molecule has 0 bridgehead atoms. The maximum absolute atomic E-state index is 13.0. The number of rotatable bonds is 11. The molecule has 0 radical (unpaired) electrons. The van der Waals surface area contributed by atoms with Crippen LogP contribution in [-0.4, -0.2) is 47.7 Å². The Hall–Kier alpha value is -4.41. The molecule has 0 heterocycles. The van der Waals surface area contributed by atoms with Crippen LogP contribution >= 0.6 is 0 Å². The van der Waals surface area contributed by atoms with Crippen LogP contribution in [0.1, 0.15) is 29.3 Å². The van der Waals surface area contributed by atoms with Crippen LogP contribution in [0.2, 0.25) is 0 Å². The van der Waals surface area contributed by atoms with Gasteiger partial charge in [0.2, 0.25) is 23.6 Å². The van der Waals surface area contributed by atoms with E-state index in [1.807, 2.05) is 6.07 Å². The van der Waals surface area contributed by atoms with Crippen molar-refractivity contribution in [2.75, 3.05) is 5.73 Å². The summed E-state index contributed by atoms with van der Waals surface area (Å²) in [4.78, 5) is 60.8. The van der Waals surface area contributed by atoms with Crippen LogP contribution in [0, 0.1) is 0 Å². The van der Waals surface area contributed by atoms with Crippen molar-refractivity contribution in [2.45, 2.75) is 37.9 Å². The number of nitrogen functional groups attached to an aromatic ring is 1. The van der Waals surface area contributed by atoms with E-state index in [9.17, 15) is 24.0 Å². The summed E-state index contributed by atoms with van der Waals surface area (Å²) in [5.74, 6) is -3.72. The third-order valence-corrected chi connectivity index (χ3v) is 4.93. The summed E-state index contributed by atoms with van der Waals surface area (Å²) < 4.78 is 0. The Balaban J connectivity index is 2.14. The molecule has 0 aliphatic rings. The molecule has 2 rings (SSSR count). The average molecular weight is 469 g/mol. The minimum atomic E-state index is -1.31. The number of para-hydroxylation sites is 1. The van der Waals surface area contributed by atoms with E-state index < -0.39 is 54.1 Å². The van der Waals surface area contributed by atoms with Crippen molar-refractivity contribution < 1.29 is 24.0 Å². The van der Waals surface area contributed by atoms with Crippen molar-refractivity contribution in [1.82, 2.24) is 16.0 Å². The summed E-state index contributed by atoms with van der Waals surface area (Å²) >= 11 is 0. The van der Waals surface area contributed by atoms with Crippen molar-refractivity contribution in [3.63, 3.8) is 0 Å². The number of nitrogens with two attached hydrogens (primary N) is 3. The maximum Gasteiger partial charge on any atom is 0.254 e. The molecular weight excluding hydrogens is 440 g/mol. The van der Waals surface area contributed by atoms with Gasteiger partial charge in [0.15, 0.2) is 0 Å². The number of amides is 5. The third kappa shape index (κ3) is 7.62. The molecule has 0 aromatic heterocycles. The average Bonchev–Trinajstić information content (AvgIpc) is 2.78. The Bertz CT molecular complexity index is 1060. The lowest BCUT2D eigenvalue weighted by atomic mass is 10.0. The Morgan fingerprint density at radius 1 is 0.794 bits per heavy atom. The van der Waals surface area contributed by atoms with Gasteiger partial charge < -0.3 is 33.2 Å². The molecule has 0 aliphatic carbocycles. The van der Waals surface area contributed by atoms with Gasteiger partial charge in [-0.15, -0.1) is 0 Å². The van der Waals surface area contributed by atoms with Gasteiger partial charge >= 0.3 is 0 Å². The van der Waals surface area contributed by atoms with Gasteiger partial charge in [0.05, 0.1) is 12.0 Å². The van der Waals surface area contributed by atoms with Gasteiger partial charge in [-0.1, -0.05) is 42.5 Å². The molecule has 0 unspecified atom stereocenters. The van der Waals surface area contributed by atoms with Crippen LogP contribution in [0.4, 0.5) is 5.69 Å². The molecule has 2 aromatic carbocycles. The summed E-state index contributed by atoms with van der Waals surface area (Å²) in [6.07, 6.45) is -0.335. The second-order valence-electron chi connectivity index (χ2n) is 7.67. The van der Waals surface area contributed by atoms with Gasteiger partial charge in [-0.3, -0.25) is 24.0 Å². The Morgan fingerprint density at radius 2 is 1.41 bits per heavy atom. The number of carbonyl (C=O) groups is 5. The smallest absolute Gasteiger partial charge is 0.254 e. The highest BCUT2D eigenvalue weighted by atomic mass is 16.2. The van der Waals surface area contributed by atoms with Crippen molar-refractivity contribution in [2.24, 2.45) is 11.5 Å². The van der Waals surface area contributed by atoms with Gasteiger partial charge in [0.25, 0.3) is 5.91 Å². The largest absolute Gasteiger partial charge is 0.398 e. The van der Waals surface area contributed by atoms with Crippen LogP contribution in [0.3, 0.4) is 0 Å². The summed E-state index contributed by atoms with van der Waals surface area (Å²) in [5.41, 5.74) is 17.3. The molecule has 3 atom stereocenters. The fourth-order valence-electron chi connectivity index (χ4n) is 3.10. The SMILES string of the molecule is C[C@H](NC(=O)[C@H](Cc1ccccc1)NC(=O)c1ccccc1N)C(=O)N[C@@H](CC(N)=O)C(N)=O. The van der Waals surface area contributed by atoms with E-state index >= 15 is 0 Å². The minimum absolute atomic E-state index is 0.144. The number of carbonyl (C=O) groups excluding carboxylic acids is 5. The highest BCUT2D eigenvalue weighted by Gasteiger charge is 2.28. The molecule has 0 spiro atoms. The minimum Gasteiger partial charge on any atom is -0.398 e. The Morgan fingerprint density at radius 3 is 2.00 bits per heavy atom. The number of benzene rings is 2. The molecule has 2 aromatic rings. The molecule has 5 amide bonds. The molecule has 34 heavy (non-hydrogen) atoms. The predicted octanol–water partition coefficient (Wildman–Crippen LogP) is -1.04. The summed E-state index contributed by atoms with van der Waals surface area (Å²) in [6, 6.07) is 11.9. The van der Waals surface area contributed by atoms with Crippen LogP contribution in [0.15, 0.2) is 54.6 Å². The molecule has 11 nitrogen and oxygen atoms in total. The lowest BCUT2D eigenvalue weighted by molar-refractivity contribution is -0.132. The number of hydrogen-bond donors (Lipinski definition) is 6. The van der Waals surface area contributed by atoms with Crippen molar-refractivity contribution in [1.29, 1.82) is 0 Å². The first-order chi connectivity index (χ1) is 16.1. The highest BCUT2D eigenvalue weighted by Crippen LogP contribution is 2.11. The van der Waals surface area contributed by atoms with Gasteiger partial charge in [0, 0.05) is 12.1 Å². The Labute approximate surface area is 196 Å². The van der Waals surface area contributed by atoms with Crippen molar-refractivity contribution in [3.05, 3.63) is 65.7 Å². The quantitative estimate of drug-likeness (QED) is 0.227. The summed E-state index contributed by atoms with van der Waals surface area (Å²) in [5, 5.41) is 7.44. The third-order valence-electron chi connectivity index (χ3n) is 4.93. The van der Waals surface area contributed by atoms with E-state index in [-0.39, 0.29) is 17.7 Å². The fourth-order valence-corrected chi connectivity index (χ4v) is 3.10. The first kappa shape index (κ1) is 25.8. The first-order valence-corrected chi connectivity index (χ1v) is 10.5. The highest BCUT2D eigenvalue weighted by molar-refractivity contribution is 6.02. The zero-order valence-electron chi connectivity index (χ0n) is 18.6. The molecule has 0 saturated heterocycles. The summed E-state index contributed by atoms with van der Waals surface area (Å²) in [7, 11) is 0. The number of anilines is 1. The predicted molar refractivity (Wildman–Crippen MR) is 125 cm³/mol. The van der Waals surface area contributed by atoms with Crippen LogP contribution in [0.25, 0.3) is 0 Å². The van der Waals surface area contributed by atoms with E-state index in [1.54, 1.807) is 42.5 Å². The van der Waals surface area contributed by atoms with Crippen LogP contribution < -0.4 is 33.2 Å². The normalized spacial score (nSPS) is 13.1. The molecule has 9 N–H and O–H groups in total. The molecule has 11 heteroatoms. The maximum atomic E-state index is 13.0. The second-order valence-corrected chi connectivity index (χ2v) is 7.67. The molecular formula is C23H28N6O5. The zero-order chi connectivity index (χ0) is 25.3. The van der Waals surface area contributed by atoms with Crippen LogP contribution in [0.5, 0.6) is 0 Å². The van der Waals surface area contributed by atoms with E-state index in [2.05, 4.69) is 16.0 Å². The molecule has 0 saturated carbocycles. The number of nitrogens with one attached hydrogen (secondary N) is 3. The Kier molecular flexibility index (Phi) is 9.12. The zero-order valence-corrected chi connectivity index (χ0v) is 18.6. The number of primary amides is 2. The van der Waals surface area contributed by atoms with E-state index in [1.165, 1.54) is 13.0 Å². The van der Waals surface area contributed by atoms with Crippen LogP contribution in [-0.2, 0) is 25.6 Å². The van der Waals surface area contributed by atoms with Crippen molar-refractivity contribution in [3.8, 4) is 0 Å². The standard InChI is InChI=1S/C23H28N6O5/c1-13(21(32)28-17(20(26)31)12-19(25)30)27-23(34)18(11-14-7-3-2-4-8-14)29-22(33)15-9-5-6-10-16(15)24/h2-10,13,17-18H,11-12,24H2,1H3,(H2,25,30)(H2,26,31)(H,27,34)(H,28,32)(H,29,33)/t13-,17-,18-/m0/s1. The number of hydrogen-bond acceptors (Lipinski definition) is 6. The molecule has 0 fully saturated rings.